The zero-order valence-corrected chi connectivity index (χ0v) is 18.0. The van der Waals surface area contributed by atoms with E-state index in [4.69, 9.17) is 27.9 Å². The van der Waals surface area contributed by atoms with Crippen LogP contribution in [0.2, 0.25) is 10.0 Å². The molecular weight excluding hydrogens is 407 g/mol. The van der Waals surface area contributed by atoms with Gasteiger partial charge in [0, 0.05) is 18.3 Å². The monoisotopic (exact) mass is 428 g/mol. The van der Waals surface area contributed by atoms with E-state index in [-0.39, 0.29) is 17.1 Å². The number of rotatable bonds is 5. The second-order valence-corrected chi connectivity index (χ2v) is 8.36. The molecule has 0 saturated heterocycles. The molecule has 0 saturated carbocycles. The molecule has 1 heterocycles. The molecule has 0 aliphatic carbocycles. The predicted octanol–water partition coefficient (Wildman–Crippen LogP) is 6.16. The van der Waals surface area contributed by atoms with Crippen molar-refractivity contribution in [3.63, 3.8) is 0 Å². The first kappa shape index (κ1) is 21.2. The van der Waals surface area contributed by atoms with Gasteiger partial charge in [0.15, 0.2) is 0 Å². The van der Waals surface area contributed by atoms with E-state index in [1.165, 1.54) is 0 Å². The molecule has 29 heavy (non-hydrogen) atoms. The maximum absolute atomic E-state index is 12.4. The van der Waals surface area contributed by atoms with E-state index in [1.807, 2.05) is 57.2 Å². The Balaban J connectivity index is 1.73. The number of ether oxygens (including phenoxy) is 1. The first-order valence-corrected chi connectivity index (χ1v) is 9.96. The maximum Gasteiger partial charge on any atom is 0.254 e. The number of nitrogens with one attached hydrogen (secondary N) is 1. The molecule has 0 aliphatic rings. The highest BCUT2D eigenvalue weighted by molar-refractivity contribution is 6.39. The number of amides is 1. The highest BCUT2D eigenvalue weighted by Gasteiger charge is 2.17. The molecule has 1 amide bonds. The van der Waals surface area contributed by atoms with E-state index in [2.05, 4.69) is 10.3 Å². The second-order valence-electron chi connectivity index (χ2n) is 7.55. The van der Waals surface area contributed by atoms with E-state index in [0.717, 1.165) is 16.7 Å². The smallest absolute Gasteiger partial charge is 0.254 e. The quantitative estimate of drug-likeness (QED) is 0.528. The largest absolute Gasteiger partial charge is 0.471 e. The van der Waals surface area contributed by atoms with Crippen molar-refractivity contribution in [1.29, 1.82) is 0 Å². The Labute approximate surface area is 180 Å². The van der Waals surface area contributed by atoms with Crippen LogP contribution in [-0.2, 0) is 6.54 Å². The van der Waals surface area contributed by atoms with Gasteiger partial charge in [-0.3, -0.25) is 4.79 Å². The first-order chi connectivity index (χ1) is 13.7. The average molecular weight is 429 g/mol. The maximum atomic E-state index is 12.4. The molecule has 3 aromatic rings. The zero-order valence-electron chi connectivity index (χ0n) is 16.5. The second kappa shape index (κ2) is 8.85. The molecule has 6 heteroatoms. The molecule has 0 bridgehead atoms. The lowest BCUT2D eigenvalue weighted by Crippen LogP contribution is -2.24. The third-order valence-electron chi connectivity index (χ3n) is 4.08. The van der Waals surface area contributed by atoms with Gasteiger partial charge in [-0.05, 0) is 56.2 Å². The number of nitrogens with zero attached hydrogens (tertiary/aromatic N) is 1. The SMILES string of the molecule is CC(C)(C)Oc1ncccc1-c1ccc(CNC(=O)c2c(Cl)cccc2Cl)cc1. The number of halogens is 2. The normalized spacial score (nSPS) is 11.2. The van der Waals surface area contributed by atoms with Crippen LogP contribution >= 0.6 is 23.2 Å². The summed E-state index contributed by atoms with van der Waals surface area (Å²) in [7, 11) is 0. The summed E-state index contributed by atoms with van der Waals surface area (Å²) in [6, 6.07) is 16.7. The van der Waals surface area contributed by atoms with Crippen LogP contribution in [0.25, 0.3) is 11.1 Å². The fraction of sp³-hybridized carbons (Fsp3) is 0.217. The molecule has 0 spiro atoms. The van der Waals surface area contributed by atoms with E-state index < -0.39 is 0 Å². The number of carbonyl (C=O) groups is 1. The third-order valence-corrected chi connectivity index (χ3v) is 4.71. The topological polar surface area (TPSA) is 51.2 Å². The van der Waals surface area contributed by atoms with E-state index in [1.54, 1.807) is 24.4 Å². The Kier molecular flexibility index (Phi) is 6.46. The summed E-state index contributed by atoms with van der Waals surface area (Å²) in [5, 5.41) is 3.51. The van der Waals surface area contributed by atoms with E-state index >= 15 is 0 Å². The molecule has 0 fully saturated rings. The zero-order chi connectivity index (χ0) is 21.0. The van der Waals surface area contributed by atoms with Crippen molar-refractivity contribution in [2.75, 3.05) is 0 Å². The fourth-order valence-electron chi connectivity index (χ4n) is 2.77. The number of benzene rings is 2. The van der Waals surface area contributed by atoms with Crippen LogP contribution in [0.4, 0.5) is 0 Å². The minimum absolute atomic E-state index is 0.284. The van der Waals surface area contributed by atoms with Gasteiger partial charge in [-0.1, -0.05) is 53.5 Å². The van der Waals surface area contributed by atoms with Crippen molar-refractivity contribution in [3.05, 3.63) is 82.0 Å². The van der Waals surface area contributed by atoms with Gasteiger partial charge in [-0.15, -0.1) is 0 Å². The molecule has 4 nitrogen and oxygen atoms in total. The van der Waals surface area contributed by atoms with E-state index in [9.17, 15) is 4.79 Å². The van der Waals surface area contributed by atoms with Gasteiger partial charge < -0.3 is 10.1 Å². The van der Waals surface area contributed by atoms with Crippen molar-refractivity contribution in [1.82, 2.24) is 10.3 Å². The van der Waals surface area contributed by atoms with Gasteiger partial charge in [0.05, 0.1) is 15.6 Å². The van der Waals surface area contributed by atoms with Crippen LogP contribution < -0.4 is 10.1 Å². The molecule has 3 rings (SSSR count). The van der Waals surface area contributed by atoms with Crippen molar-refractivity contribution < 1.29 is 9.53 Å². The molecule has 1 N–H and O–H groups in total. The number of pyridine rings is 1. The van der Waals surface area contributed by atoms with E-state index in [0.29, 0.717) is 22.5 Å². The third kappa shape index (κ3) is 5.49. The Bertz CT molecular complexity index is 992. The lowest BCUT2D eigenvalue weighted by Gasteiger charge is -2.22. The molecule has 2 aromatic carbocycles. The molecular formula is C23H22Cl2N2O2. The lowest BCUT2D eigenvalue weighted by molar-refractivity contribution is 0.0951. The minimum Gasteiger partial charge on any atom is -0.471 e. The molecule has 0 aliphatic heterocycles. The number of hydrogen-bond acceptors (Lipinski definition) is 3. The summed E-state index contributed by atoms with van der Waals surface area (Å²) in [5.74, 6) is 0.284. The minimum atomic E-state index is -0.340. The van der Waals surface area contributed by atoms with Crippen molar-refractivity contribution >= 4 is 29.1 Å². The number of carbonyl (C=O) groups excluding carboxylic acids is 1. The standard InChI is InChI=1S/C23H22Cl2N2O2/c1-23(2,3)29-22-17(6-5-13-26-22)16-11-9-15(10-12-16)14-27-21(28)20-18(24)7-4-8-19(20)25/h4-13H,14H2,1-3H3,(H,27,28). The fourth-order valence-corrected chi connectivity index (χ4v) is 3.34. The predicted molar refractivity (Wildman–Crippen MR) is 118 cm³/mol. The molecule has 0 unspecified atom stereocenters. The number of aromatic nitrogens is 1. The summed E-state index contributed by atoms with van der Waals surface area (Å²) in [5.41, 5.74) is 2.80. The summed E-state index contributed by atoms with van der Waals surface area (Å²) in [6.07, 6.45) is 1.72. The van der Waals surface area contributed by atoms with Crippen LogP contribution in [0, 0.1) is 0 Å². The van der Waals surface area contributed by atoms with Gasteiger partial charge in [0.25, 0.3) is 5.91 Å². The van der Waals surface area contributed by atoms with Gasteiger partial charge >= 0.3 is 0 Å². The molecule has 0 radical (unpaired) electrons. The molecule has 150 valence electrons. The van der Waals surface area contributed by atoms with Crippen LogP contribution in [0.15, 0.2) is 60.8 Å². The Morgan fingerprint density at radius 1 is 1.00 bits per heavy atom. The summed E-state index contributed by atoms with van der Waals surface area (Å²) in [6.45, 7) is 6.33. The first-order valence-electron chi connectivity index (χ1n) is 9.20. The highest BCUT2D eigenvalue weighted by Crippen LogP contribution is 2.30. The van der Waals surface area contributed by atoms with Crippen molar-refractivity contribution in [3.8, 4) is 17.0 Å². The summed E-state index contributed by atoms with van der Waals surface area (Å²) < 4.78 is 5.97. The Morgan fingerprint density at radius 2 is 1.66 bits per heavy atom. The van der Waals surface area contributed by atoms with Gasteiger partial charge in [-0.25, -0.2) is 4.98 Å². The summed E-state index contributed by atoms with van der Waals surface area (Å²) >= 11 is 12.2. The highest BCUT2D eigenvalue weighted by atomic mass is 35.5. The average Bonchev–Trinajstić information content (AvgIpc) is 2.66. The van der Waals surface area contributed by atoms with Crippen molar-refractivity contribution in [2.45, 2.75) is 32.9 Å². The van der Waals surface area contributed by atoms with Crippen LogP contribution in [-0.4, -0.2) is 16.5 Å². The van der Waals surface area contributed by atoms with Gasteiger partial charge in [0.1, 0.15) is 5.60 Å². The molecule has 1 aromatic heterocycles. The Hall–Kier alpha value is -2.56. The van der Waals surface area contributed by atoms with Crippen LogP contribution in [0.1, 0.15) is 36.7 Å². The summed E-state index contributed by atoms with van der Waals surface area (Å²) in [4.78, 5) is 16.8. The van der Waals surface area contributed by atoms with Gasteiger partial charge in [-0.2, -0.15) is 0 Å². The number of hydrogen-bond donors (Lipinski definition) is 1. The Morgan fingerprint density at radius 3 is 2.28 bits per heavy atom. The molecule has 0 atom stereocenters. The lowest BCUT2D eigenvalue weighted by atomic mass is 10.0. The van der Waals surface area contributed by atoms with Crippen molar-refractivity contribution in [2.24, 2.45) is 0 Å². The van der Waals surface area contributed by atoms with Gasteiger partial charge in [0.2, 0.25) is 5.88 Å². The van der Waals surface area contributed by atoms with Crippen LogP contribution in [0.3, 0.4) is 0 Å². The van der Waals surface area contributed by atoms with Crippen LogP contribution in [0.5, 0.6) is 5.88 Å².